The number of nitrogen functional groups attached to an aromatic ring is 1. The molecule has 7 heteroatoms. The van der Waals surface area contributed by atoms with Crippen molar-refractivity contribution in [3.05, 3.63) is 28.2 Å². The van der Waals surface area contributed by atoms with Crippen molar-refractivity contribution in [3.63, 3.8) is 0 Å². The molecule has 6 nitrogen and oxygen atoms in total. The van der Waals surface area contributed by atoms with Gasteiger partial charge in [-0.2, -0.15) is 0 Å². The highest BCUT2D eigenvalue weighted by Crippen LogP contribution is 2.18. The number of nitrogens with two attached hydrogens (primary N) is 1. The van der Waals surface area contributed by atoms with Crippen molar-refractivity contribution in [1.29, 1.82) is 0 Å². The van der Waals surface area contributed by atoms with E-state index in [0.717, 1.165) is 4.47 Å². The van der Waals surface area contributed by atoms with Crippen LogP contribution in [-0.2, 0) is 9.53 Å². The molecule has 0 spiro atoms. The Morgan fingerprint density at radius 1 is 1.38 bits per heavy atom. The maximum absolute atomic E-state index is 12.2. The number of ether oxygens (including phenoxy) is 1. The molecular formula is C14H18BrN3O3. The summed E-state index contributed by atoms with van der Waals surface area (Å²) in [4.78, 5) is 26.1. The van der Waals surface area contributed by atoms with E-state index in [2.05, 4.69) is 21.2 Å². The molecule has 1 saturated heterocycles. The second-order valence-corrected chi connectivity index (χ2v) is 5.78. The lowest BCUT2D eigenvalue weighted by atomic mass is 10.1. The highest BCUT2D eigenvalue weighted by atomic mass is 79.9. The van der Waals surface area contributed by atoms with E-state index in [-0.39, 0.29) is 11.8 Å². The van der Waals surface area contributed by atoms with Gasteiger partial charge in [-0.3, -0.25) is 9.59 Å². The van der Waals surface area contributed by atoms with Crippen LogP contribution in [0.15, 0.2) is 22.7 Å². The van der Waals surface area contributed by atoms with E-state index in [0.29, 0.717) is 37.6 Å². The number of hydrogen-bond donors (Lipinski definition) is 2. The van der Waals surface area contributed by atoms with Gasteiger partial charge in [-0.25, -0.2) is 0 Å². The summed E-state index contributed by atoms with van der Waals surface area (Å²) < 4.78 is 5.96. The standard InChI is InChI=1S/C14H18BrN3O3/c1-9(14(20)18-4-6-21-7-5-18)17-13(19)11-8-10(15)2-3-12(11)16/h2-3,8-9H,4-7,16H2,1H3,(H,17,19). The van der Waals surface area contributed by atoms with Gasteiger partial charge in [-0.05, 0) is 25.1 Å². The van der Waals surface area contributed by atoms with Gasteiger partial charge in [0.25, 0.3) is 5.91 Å². The molecule has 1 unspecified atom stereocenters. The van der Waals surface area contributed by atoms with Crippen LogP contribution in [0.3, 0.4) is 0 Å². The number of amides is 2. The molecule has 0 bridgehead atoms. The third-order valence-corrected chi connectivity index (χ3v) is 3.79. The summed E-state index contributed by atoms with van der Waals surface area (Å²) in [5, 5.41) is 2.69. The summed E-state index contributed by atoms with van der Waals surface area (Å²) in [5.74, 6) is -0.469. The number of carbonyl (C=O) groups excluding carboxylic acids is 2. The minimum atomic E-state index is -0.603. The molecule has 1 atom stereocenters. The van der Waals surface area contributed by atoms with Crippen LogP contribution in [0.25, 0.3) is 0 Å². The van der Waals surface area contributed by atoms with Gasteiger partial charge in [0.2, 0.25) is 5.91 Å². The first-order chi connectivity index (χ1) is 9.99. The van der Waals surface area contributed by atoms with Crippen molar-refractivity contribution >= 4 is 33.4 Å². The van der Waals surface area contributed by atoms with E-state index in [9.17, 15) is 9.59 Å². The SMILES string of the molecule is CC(NC(=O)c1cc(Br)ccc1N)C(=O)N1CCOCC1. The maximum atomic E-state index is 12.2. The van der Waals surface area contributed by atoms with Crippen molar-refractivity contribution in [2.45, 2.75) is 13.0 Å². The van der Waals surface area contributed by atoms with Crippen LogP contribution in [0.4, 0.5) is 5.69 Å². The average molecular weight is 356 g/mol. The molecule has 0 aromatic heterocycles. The van der Waals surface area contributed by atoms with E-state index in [1.807, 2.05) is 0 Å². The Hall–Kier alpha value is -1.60. The number of anilines is 1. The van der Waals surface area contributed by atoms with Crippen LogP contribution in [0.2, 0.25) is 0 Å². The number of hydrogen-bond acceptors (Lipinski definition) is 4. The summed E-state index contributed by atoms with van der Waals surface area (Å²) >= 11 is 3.30. The molecule has 2 rings (SSSR count). The second kappa shape index (κ2) is 6.91. The van der Waals surface area contributed by atoms with E-state index < -0.39 is 6.04 Å². The molecule has 1 fully saturated rings. The number of carbonyl (C=O) groups is 2. The third kappa shape index (κ3) is 3.95. The molecule has 2 amide bonds. The van der Waals surface area contributed by atoms with Gasteiger partial charge in [-0.1, -0.05) is 15.9 Å². The van der Waals surface area contributed by atoms with Crippen LogP contribution < -0.4 is 11.1 Å². The zero-order valence-electron chi connectivity index (χ0n) is 11.8. The first-order valence-corrected chi connectivity index (χ1v) is 7.51. The summed E-state index contributed by atoms with van der Waals surface area (Å²) in [6, 6.07) is 4.44. The van der Waals surface area contributed by atoms with E-state index in [4.69, 9.17) is 10.5 Å². The Morgan fingerprint density at radius 2 is 2.05 bits per heavy atom. The summed E-state index contributed by atoms with van der Waals surface area (Å²) in [6.45, 7) is 3.84. The molecule has 0 radical (unpaired) electrons. The normalized spacial score (nSPS) is 16.4. The molecule has 1 heterocycles. The molecule has 0 saturated carbocycles. The molecule has 114 valence electrons. The van der Waals surface area contributed by atoms with E-state index in [1.54, 1.807) is 30.0 Å². The van der Waals surface area contributed by atoms with Crippen LogP contribution in [0.1, 0.15) is 17.3 Å². The minimum Gasteiger partial charge on any atom is -0.398 e. The smallest absolute Gasteiger partial charge is 0.254 e. The largest absolute Gasteiger partial charge is 0.398 e. The highest BCUT2D eigenvalue weighted by Gasteiger charge is 2.24. The third-order valence-electron chi connectivity index (χ3n) is 3.30. The number of halogens is 1. The van der Waals surface area contributed by atoms with Crippen molar-refractivity contribution in [2.75, 3.05) is 32.0 Å². The Labute approximate surface area is 131 Å². The van der Waals surface area contributed by atoms with Gasteiger partial charge in [0.05, 0.1) is 18.8 Å². The Balaban J connectivity index is 2.01. The lowest BCUT2D eigenvalue weighted by Crippen LogP contribution is -2.50. The maximum Gasteiger partial charge on any atom is 0.254 e. The summed E-state index contributed by atoms with van der Waals surface area (Å²) in [7, 11) is 0. The predicted molar refractivity (Wildman–Crippen MR) is 82.9 cm³/mol. The zero-order chi connectivity index (χ0) is 15.4. The van der Waals surface area contributed by atoms with Crippen LogP contribution >= 0.6 is 15.9 Å². The number of nitrogens with one attached hydrogen (secondary N) is 1. The van der Waals surface area contributed by atoms with Crippen LogP contribution in [0.5, 0.6) is 0 Å². The number of benzene rings is 1. The minimum absolute atomic E-state index is 0.111. The lowest BCUT2D eigenvalue weighted by Gasteiger charge is -2.29. The second-order valence-electron chi connectivity index (χ2n) is 4.86. The fraction of sp³-hybridized carbons (Fsp3) is 0.429. The highest BCUT2D eigenvalue weighted by molar-refractivity contribution is 9.10. The molecule has 21 heavy (non-hydrogen) atoms. The van der Waals surface area contributed by atoms with Gasteiger partial charge < -0.3 is 20.7 Å². The molecule has 0 aliphatic carbocycles. The lowest BCUT2D eigenvalue weighted by molar-refractivity contribution is -0.136. The topological polar surface area (TPSA) is 84.7 Å². The zero-order valence-corrected chi connectivity index (χ0v) is 13.4. The number of morpholine rings is 1. The molecule has 1 aliphatic rings. The van der Waals surface area contributed by atoms with Gasteiger partial charge in [-0.15, -0.1) is 0 Å². The molecule has 1 aromatic carbocycles. The van der Waals surface area contributed by atoms with Gasteiger partial charge in [0.1, 0.15) is 6.04 Å². The van der Waals surface area contributed by atoms with Crippen molar-refractivity contribution < 1.29 is 14.3 Å². The summed E-state index contributed by atoms with van der Waals surface area (Å²) in [6.07, 6.45) is 0. The average Bonchev–Trinajstić information content (AvgIpc) is 2.49. The Bertz CT molecular complexity index is 544. The van der Waals surface area contributed by atoms with Crippen LogP contribution in [0, 0.1) is 0 Å². The van der Waals surface area contributed by atoms with E-state index >= 15 is 0 Å². The molecular weight excluding hydrogens is 338 g/mol. The van der Waals surface area contributed by atoms with E-state index in [1.165, 1.54) is 0 Å². The quantitative estimate of drug-likeness (QED) is 0.792. The molecule has 3 N–H and O–H groups in total. The van der Waals surface area contributed by atoms with Crippen molar-refractivity contribution in [2.24, 2.45) is 0 Å². The Kier molecular flexibility index (Phi) is 5.19. The van der Waals surface area contributed by atoms with Crippen molar-refractivity contribution in [3.8, 4) is 0 Å². The fourth-order valence-corrected chi connectivity index (χ4v) is 2.48. The number of nitrogens with zero attached hydrogens (tertiary/aromatic N) is 1. The summed E-state index contributed by atoms with van der Waals surface area (Å²) in [5.41, 5.74) is 6.52. The number of rotatable bonds is 3. The van der Waals surface area contributed by atoms with Gasteiger partial charge in [0.15, 0.2) is 0 Å². The Morgan fingerprint density at radius 3 is 2.71 bits per heavy atom. The fourth-order valence-electron chi connectivity index (χ4n) is 2.12. The first-order valence-electron chi connectivity index (χ1n) is 6.71. The van der Waals surface area contributed by atoms with Crippen LogP contribution in [-0.4, -0.2) is 49.1 Å². The monoisotopic (exact) mass is 355 g/mol. The van der Waals surface area contributed by atoms with Crippen molar-refractivity contribution in [1.82, 2.24) is 10.2 Å². The molecule has 1 aliphatic heterocycles. The van der Waals surface area contributed by atoms with Gasteiger partial charge in [0, 0.05) is 23.2 Å². The van der Waals surface area contributed by atoms with Gasteiger partial charge >= 0.3 is 0 Å². The first kappa shape index (κ1) is 15.8. The predicted octanol–water partition coefficient (Wildman–Crippen LogP) is 1.01. The molecule has 1 aromatic rings.